The van der Waals surface area contributed by atoms with Crippen molar-refractivity contribution in [1.29, 1.82) is 0 Å². The number of para-hydroxylation sites is 1. The smallest absolute Gasteiger partial charge is 0.323 e. The number of likely N-dealkylation sites (N-methyl/N-ethyl adjacent to an activating group) is 1. The Morgan fingerprint density at radius 3 is 2.42 bits per heavy atom. The van der Waals surface area contributed by atoms with Crippen molar-refractivity contribution in [3.63, 3.8) is 0 Å². The second-order valence-electron chi connectivity index (χ2n) is 9.15. The highest BCUT2D eigenvalue weighted by molar-refractivity contribution is 6.01. The van der Waals surface area contributed by atoms with Gasteiger partial charge in [-0.2, -0.15) is 0 Å². The lowest BCUT2D eigenvalue weighted by Gasteiger charge is -2.36. The van der Waals surface area contributed by atoms with E-state index in [1.807, 2.05) is 43.9 Å². The number of ether oxygens (including phenoxy) is 2. The third kappa shape index (κ3) is 6.75. The van der Waals surface area contributed by atoms with Crippen LogP contribution in [0.3, 0.4) is 0 Å². The number of anilines is 2. The number of benzene rings is 2. The number of carbonyl (C=O) groups excluding carboxylic acids is 3. The number of methoxy groups -OCH3 is 1. The van der Waals surface area contributed by atoms with Gasteiger partial charge in [0.25, 0.3) is 5.91 Å². The average molecular weight is 497 g/mol. The van der Waals surface area contributed by atoms with E-state index in [0.29, 0.717) is 42.2 Å². The molecule has 3 rings (SSSR count). The van der Waals surface area contributed by atoms with Crippen LogP contribution in [0, 0.1) is 5.92 Å². The van der Waals surface area contributed by atoms with Crippen LogP contribution in [0.5, 0.6) is 5.75 Å². The van der Waals surface area contributed by atoms with Gasteiger partial charge in [0.15, 0.2) is 0 Å². The summed E-state index contributed by atoms with van der Waals surface area (Å²) in [4.78, 5) is 41.9. The van der Waals surface area contributed by atoms with Crippen LogP contribution in [0.4, 0.5) is 16.2 Å². The molecule has 1 aliphatic rings. The fraction of sp³-hybridized carbons (Fsp3) is 0.444. The molecule has 9 heteroatoms. The van der Waals surface area contributed by atoms with Crippen molar-refractivity contribution < 1.29 is 23.9 Å². The maximum Gasteiger partial charge on any atom is 0.323 e. The summed E-state index contributed by atoms with van der Waals surface area (Å²) in [7, 11) is 3.34. The first-order valence-electron chi connectivity index (χ1n) is 12.2. The monoisotopic (exact) mass is 496 g/mol. The summed E-state index contributed by atoms with van der Waals surface area (Å²) < 4.78 is 11.8. The maximum atomic E-state index is 13.3. The molecule has 0 saturated carbocycles. The maximum absolute atomic E-state index is 13.3. The van der Waals surface area contributed by atoms with Gasteiger partial charge in [0, 0.05) is 57.0 Å². The van der Waals surface area contributed by atoms with Crippen LogP contribution >= 0.6 is 0 Å². The van der Waals surface area contributed by atoms with Crippen molar-refractivity contribution in [3.05, 3.63) is 54.1 Å². The topological polar surface area (TPSA) is 100 Å². The molecular formula is C27H36N4O5. The molecule has 3 atom stereocenters. The summed E-state index contributed by atoms with van der Waals surface area (Å²) in [5.74, 6) is 0.163. The van der Waals surface area contributed by atoms with Crippen molar-refractivity contribution in [2.24, 2.45) is 5.92 Å². The molecule has 0 bridgehead atoms. The molecule has 0 saturated heterocycles. The summed E-state index contributed by atoms with van der Waals surface area (Å²) in [6.07, 6.45) is 0.138. The zero-order valence-corrected chi connectivity index (χ0v) is 21.6. The van der Waals surface area contributed by atoms with Crippen LogP contribution in [0.2, 0.25) is 0 Å². The Kier molecular flexibility index (Phi) is 9.30. The predicted molar refractivity (Wildman–Crippen MR) is 139 cm³/mol. The summed E-state index contributed by atoms with van der Waals surface area (Å²) >= 11 is 0. The summed E-state index contributed by atoms with van der Waals surface area (Å²) in [6, 6.07) is 13.4. The highest BCUT2D eigenvalue weighted by Crippen LogP contribution is 2.27. The van der Waals surface area contributed by atoms with E-state index in [1.165, 1.54) is 0 Å². The molecule has 0 unspecified atom stereocenters. The quantitative estimate of drug-likeness (QED) is 0.665. The molecule has 1 aliphatic heterocycles. The summed E-state index contributed by atoms with van der Waals surface area (Å²) in [6.45, 7) is 6.83. The number of carbonyl (C=O) groups is 3. The number of rotatable bonds is 4. The van der Waals surface area contributed by atoms with Crippen LogP contribution in [0.1, 0.15) is 37.6 Å². The van der Waals surface area contributed by atoms with E-state index in [0.717, 1.165) is 0 Å². The molecule has 0 fully saturated rings. The lowest BCUT2D eigenvalue weighted by molar-refractivity contribution is -0.135. The minimum Gasteiger partial charge on any atom is -0.491 e. The van der Waals surface area contributed by atoms with E-state index in [9.17, 15) is 14.4 Å². The Labute approximate surface area is 212 Å². The number of nitrogens with one attached hydrogen (secondary N) is 2. The average Bonchev–Trinajstić information content (AvgIpc) is 2.87. The lowest BCUT2D eigenvalue weighted by atomic mass is 10.0. The second kappa shape index (κ2) is 12.4. The Balaban J connectivity index is 1.89. The SMILES string of the molecule is CCC(=O)N1C[C@@H](C)[C@@H](OC)CN(C)C(=O)c2ccc(NC(=O)Nc3ccccc3)cc2OC[C@H]1C. The van der Waals surface area contributed by atoms with Gasteiger partial charge < -0.3 is 29.9 Å². The Bertz CT molecular complexity index is 1060. The van der Waals surface area contributed by atoms with Crippen LogP contribution in [0.15, 0.2) is 48.5 Å². The third-order valence-corrected chi connectivity index (χ3v) is 6.36. The van der Waals surface area contributed by atoms with Gasteiger partial charge in [-0.05, 0) is 31.2 Å². The molecule has 36 heavy (non-hydrogen) atoms. The molecule has 2 aromatic rings. The zero-order valence-electron chi connectivity index (χ0n) is 21.6. The molecule has 9 nitrogen and oxygen atoms in total. The number of nitrogens with zero attached hydrogens (tertiary/aromatic N) is 2. The van der Waals surface area contributed by atoms with Gasteiger partial charge >= 0.3 is 6.03 Å². The van der Waals surface area contributed by atoms with E-state index in [-0.39, 0.29) is 36.5 Å². The minimum absolute atomic E-state index is 0.0109. The first-order valence-corrected chi connectivity index (χ1v) is 12.2. The van der Waals surface area contributed by atoms with E-state index in [2.05, 4.69) is 10.6 Å². The first-order chi connectivity index (χ1) is 17.2. The first kappa shape index (κ1) is 27.0. The summed E-state index contributed by atoms with van der Waals surface area (Å²) in [5.41, 5.74) is 1.50. The Morgan fingerprint density at radius 2 is 1.75 bits per heavy atom. The van der Waals surface area contributed by atoms with Crippen molar-refractivity contribution in [1.82, 2.24) is 9.80 Å². The molecule has 1 heterocycles. The second-order valence-corrected chi connectivity index (χ2v) is 9.15. The highest BCUT2D eigenvalue weighted by atomic mass is 16.5. The van der Waals surface area contributed by atoms with Crippen molar-refractivity contribution >= 4 is 29.2 Å². The van der Waals surface area contributed by atoms with Gasteiger partial charge in [-0.3, -0.25) is 9.59 Å². The number of urea groups is 1. The van der Waals surface area contributed by atoms with Gasteiger partial charge in [0.2, 0.25) is 5.91 Å². The molecule has 4 amide bonds. The predicted octanol–water partition coefficient (Wildman–Crippen LogP) is 4.07. The third-order valence-electron chi connectivity index (χ3n) is 6.36. The molecule has 194 valence electrons. The minimum atomic E-state index is -0.414. The Hall–Kier alpha value is -3.59. The van der Waals surface area contributed by atoms with Gasteiger partial charge in [-0.25, -0.2) is 4.79 Å². The van der Waals surface area contributed by atoms with Gasteiger partial charge in [-0.15, -0.1) is 0 Å². The van der Waals surface area contributed by atoms with Crippen LogP contribution < -0.4 is 15.4 Å². The molecule has 2 aromatic carbocycles. The van der Waals surface area contributed by atoms with Crippen LogP contribution in [0.25, 0.3) is 0 Å². The number of hydrogen-bond donors (Lipinski definition) is 2. The van der Waals surface area contributed by atoms with Crippen molar-refractivity contribution in [2.75, 3.05) is 44.5 Å². The summed E-state index contributed by atoms with van der Waals surface area (Å²) in [5, 5.41) is 5.55. The van der Waals surface area contributed by atoms with E-state index in [4.69, 9.17) is 9.47 Å². The number of amides is 4. The number of fused-ring (bicyclic) bond motifs is 1. The lowest BCUT2D eigenvalue weighted by Crippen LogP contribution is -2.48. The standard InChI is InChI=1S/C27H36N4O5/c1-6-25(32)31-15-18(2)24(35-5)16-30(4)26(33)22-13-12-21(14-23(22)36-17-19(31)3)29-27(34)28-20-10-8-7-9-11-20/h7-14,18-19,24H,6,15-17H2,1-5H3,(H2,28,29,34)/t18-,19-,24+/m1/s1. The van der Waals surface area contributed by atoms with Gasteiger partial charge in [0.05, 0.1) is 17.7 Å². The van der Waals surface area contributed by atoms with E-state index < -0.39 is 6.03 Å². The fourth-order valence-corrected chi connectivity index (χ4v) is 4.22. The van der Waals surface area contributed by atoms with Crippen molar-refractivity contribution in [2.45, 2.75) is 39.3 Å². The molecular weight excluding hydrogens is 460 g/mol. The molecule has 0 spiro atoms. The Morgan fingerprint density at radius 1 is 1.06 bits per heavy atom. The normalized spacial score (nSPS) is 20.9. The molecule has 0 radical (unpaired) electrons. The molecule has 0 aliphatic carbocycles. The fourth-order valence-electron chi connectivity index (χ4n) is 4.22. The van der Waals surface area contributed by atoms with Gasteiger partial charge in [-0.1, -0.05) is 32.0 Å². The number of hydrogen-bond acceptors (Lipinski definition) is 5. The van der Waals surface area contributed by atoms with Gasteiger partial charge in [0.1, 0.15) is 12.4 Å². The highest BCUT2D eigenvalue weighted by Gasteiger charge is 2.29. The van der Waals surface area contributed by atoms with Crippen LogP contribution in [-0.2, 0) is 9.53 Å². The van der Waals surface area contributed by atoms with E-state index in [1.54, 1.807) is 49.4 Å². The van der Waals surface area contributed by atoms with Crippen molar-refractivity contribution in [3.8, 4) is 5.75 Å². The van der Waals surface area contributed by atoms with Crippen LogP contribution in [-0.4, -0.2) is 73.6 Å². The van der Waals surface area contributed by atoms with E-state index >= 15 is 0 Å². The largest absolute Gasteiger partial charge is 0.491 e. The molecule has 2 N–H and O–H groups in total. The zero-order chi connectivity index (χ0) is 26.2. The molecule has 0 aromatic heterocycles.